The monoisotopic (exact) mass is 234 g/mol. The highest BCUT2D eigenvalue weighted by atomic mass is 35.5. The lowest BCUT2D eigenvalue weighted by atomic mass is 10.0. The van der Waals surface area contributed by atoms with Crippen LogP contribution in [0, 0.1) is 6.92 Å². The first-order valence-corrected chi connectivity index (χ1v) is 4.89. The lowest BCUT2D eigenvalue weighted by molar-refractivity contribution is -0.138. The van der Waals surface area contributed by atoms with Crippen LogP contribution in [0.15, 0.2) is 24.3 Å². The zero-order valence-corrected chi connectivity index (χ0v) is 8.86. The predicted octanol–water partition coefficient (Wildman–Crippen LogP) is 4.27. The number of halogens is 4. The number of alkyl halides is 4. The second-order valence-electron chi connectivity index (χ2n) is 3.07. The van der Waals surface area contributed by atoms with E-state index >= 15 is 0 Å². The molecule has 1 rings (SSSR count). The summed E-state index contributed by atoms with van der Waals surface area (Å²) >= 11 is 5.42. The Labute approximate surface area is 91.4 Å². The fraction of sp³-hybridized carbons (Fsp3) is 0.273. The number of hydrogen-bond donors (Lipinski definition) is 0. The highest BCUT2D eigenvalue weighted by Crippen LogP contribution is 2.33. The van der Waals surface area contributed by atoms with E-state index < -0.39 is 11.7 Å². The largest absolute Gasteiger partial charge is 0.416 e. The highest BCUT2D eigenvalue weighted by molar-refractivity contribution is 6.19. The van der Waals surface area contributed by atoms with Crippen molar-refractivity contribution in [2.75, 3.05) is 5.88 Å². The maximum atomic E-state index is 12.5. The molecule has 0 nitrogen and oxygen atoms in total. The maximum Gasteiger partial charge on any atom is 0.416 e. The van der Waals surface area contributed by atoms with Crippen molar-refractivity contribution in [3.63, 3.8) is 0 Å². The van der Waals surface area contributed by atoms with Crippen LogP contribution in [0.2, 0.25) is 0 Å². The van der Waals surface area contributed by atoms with Gasteiger partial charge in [0.25, 0.3) is 0 Å². The van der Waals surface area contributed by atoms with E-state index in [4.69, 9.17) is 11.6 Å². The Hall–Kier alpha value is -0.960. The normalized spacial score (nSPS) is 12.3. The van der Waals surface area contributed by atoms with Gasteiger partial charge in [0.2, 0.25) is 0 Å². The summed E-state index contributed by atoms with van der Waals surface area (Å²) in [7, 11) is 0. The molecule has 0 aliphatic rings. The van der Waals surface area contributed by atoms with Crippen LogP contribution in [0.1, 0.15) is 16.7 Å². The first-order chi connectivity index (χ1) is 6.96. The van der Waals surface area contributed by atoms with E-state index in [-0.39, 0.29) is 11.4 Å². The standard InChI is InChI=1S/C11H10ClF3/c1-8-9(5-3-7-12)4-2-6-10(8)11(13,14)15/h2-6H,7H2,1H3. The van der Waals surface area contributed by atoms with E-state index in [1.165, 1.54) is 13.0 Å². The summed E-state index contributed by atoms with van der Waals surface area (Å²) in [5, 5.41) is 0. The molecule has 0 aliphatic heterocycles. The molecule has 0 N–H and O–H groups in total. The number of hydrogen-bond acceptors (Lipinski definition) is 0. The predicted molar refractivity (Wildman–Crippen MR) is 55.9 cm³/mol. The fourth-order valence-electron chi connectivity index (χ4n) is 1.31. The SMILES string of the molecule is Cc1c(C=CCCl)cccc1C(F)(F)F. The van der Waals surface area contributed by atoms with Gasteiger partial charge in [0.15, 0.2) is 0 Å². The van der Waals surface area contributed by atoms with Crippen LogP contribution in [0.3, 0.4) is 0 Å². The van der Waals surface area contributed by atoms with Crippen molar-refractivity contribution in [3.05, 3.63) is 41.0 Å². The summed E-state index contributed by atoms with van der Waals surface area (Å²) in [5.74, 6) is 0.287. The van der Waals surface area contributed by atoms with Gasteiger partial charge in [0.05, 0.1) is 5.56 Å². The van der Waals surface area contributed by atoms with Gasteiger partial charge in [-0.15, -0.1) is 11.6 Å². The Bertz CT molecular complexity index is 367. The number of rotatable bonds is 2. The third-order valence-corrected chi connectivity index (χ3v) is 2.25. The molecular weight excluding hydrogens is 225 g/mol. The van der Waals surface area contributed by atoms with Crippen LogP contribution in [-0.2, 0) is 6.18 Å². The third-order valence-electron chi connectivity index (χ3n) is 2.07. The first kappa shape index (κ1) is 12.1. The minimum absolute atomic E-state index is 0.228. The van der Waals surface area contributed by atoms with Gasteiger partial charge in [-0.3, -0.25) is 0 Å². The minimum Gasteiger partial charge on any atom is -0.166 e. The second-order valence-corrected chi connectivity index (χ2v) is 3.38. The Morgan fingerprint density at radius 3 is 2.53 bits per heavy atom. The average molecular weight is 235 g/mol. The molecule has 1 aromatic rings. The van der Waals surface area contributed by atoms with E-state index in [0.717, 1.165) is 6.07 Å². The van der Waals surface area contributed by atoms with Crippen LogP contribution in [0.25, 0.3) is 6.08 Å². The zero-order chi connectivity index (χ0) is 11.5. The molecule has 0 amide bonds. The maximum absolute atomic E-state index is 12.5. The van der Waals surface area contributed by atoms with Gasteiger partial charge in [-0.1, -0.05) is 24.3 Å². The highest BCUT2D eigenvalue weighted by Gasteiger charge is 2.32. The van der Waals surface area contributed by atoms with Gasteiger partial charge >= 0.3 is 6.18 Å². The van der Waals surface area contributed by atoms with Crippen LogP contribution in [-0.4, -0.2) is 5.88 Å². The van der Waals surface area contributed by atoms with Crippen molar-refractivity contribution in [3.8, 4) is 0 Å². The number of allylic oxidation sites excluding steroid dienone is 1. The lowest BCUT2D eigenvalue weighted by Gasteiger charge is -2.11. The summed E-state index contributed by atoms with van der Waals surface area (Å²) in [6.07, 6.45) is -1.09. The van der Waals surface area contributed by atoms with Gasteiger partial charge < -0.3 is 0 Å². The Kier molecular flexibility index (Phi) is 3.80. The van der Waals surface area contributed by atoms with Crippen molar-refractivity contribution < 1.29 is 13.2 Å². The molecule has 0 aliphatic carbocycles. The van der Waals surface area contributed by atoms with Crippen molar-refractivity contribution in [2.45, 2.75) is 13.1 Å². The molecule has 0 bridgehead atoms. The molecule has 0 spiro atoms. The van der Waals surface area contributed by atoms with Gasteiger partial charge in [0.1, 0.15) is 0 Å². The van der Waals surface area contributed by atoms with E-state index in [2.05, 4.69) is 0 Å². The summed E-state index contributed by atoms with van der Waals surface area (Å²) in [4.78, 5) is 0. The molecule has 4 heteroatoms. The van der Waals surface area contributed by atoms with Crippen LogP contribution < -0.4 is 0 Å². The van der Waals surface area contributed by atoms with Crippen molar-refractivity contribution in [1.29, 1.82) is 0 Å². The molecule has 0 saturated heterocycles. The first-order valence-electron chi connectivity index (χ1n) is 4.36. The van der Waals surface area contributed by atoms with Crippen LogP contribution in [0.5, 0.6) is 0 Å². The van der Waals surface area contributed by atoms with Gasteiger partial charge in [-0.05, 0) is 24.1 Å². The molecule has 1 aromatic carbocycles. The summed E-state index contributed by atoms with van der Waals surface area (Å²) in [6, 6.07) is 4.10. The van der Waals surface area contributed by atoms with Crippen molar-refractivity contribution >= 4 is 17.7 Å². The minimum atomic E-state index is -4.30. The molecule has 0 aromatic heterocycles. The lowest BCUT2D eigenvalue weighted by Crippen LogP contribution is -2.07. The molecule has 0 radical (unpaired) electrons. The molecule has 82 valence electrons. The Morgan fingerprint density at radius 1 is 1.33 bits per heavy atom. The van der Waals surface area contributed by atoms with E-state index in [0.29, 0.717) is 5.56 Å². The Morgan fingerprint density at radius 2 is 2.00 bits per heavy atom. The molecule has 15 heavy (non-hydrogen) atoms. The third kappa shape index (κ3) is 2.99. The number of benzene rings is 1. The summed E-state index contributed by atoms with van der Waals surface area (Å²) in [6.45, 7) is 1.46. The van der Waals surface area contributed by atoms with Gasteiger partial charge in [0, 0.05) is 5.88 Å². The van der Waals surface area contributed by atoms with Gasteiger partial charge in [-0.2, -0.15) is 13.2 Å². The molecule has 0 heterocycles. The zero-order valence-electron chi connectivity index (χ0n) is 8.11. The second kappa shape index (κ2) is 4.71. The molecule has 0 unspecified atom stereocenters. The van der Waals surface area contributed by atoms with E-state index in [9.17, 15) is 13.2 Å². The van der Waals surface area contributed by atoms with Gasteiger partial charge in [-0.25, -0.2) is 0 Å². The van der Waals surface area contributed by atoms with Crippen molar-refractivity contribution in [1.82, 2.24) is 0 Å². The molecule has 0 atom stereocenters. The van der Waals surface area contributed by atoms with Crippen LogP contribution in [0.4, 0.5) is 13.2 Å². The molecule has 0 fully saturated rings. The quantitative estimate of drug-likeness (QED) is 0.671. The summed E-state index contributed by atoms with van der Waals surface area (Å²) in [5.41, 5.74) is 0.177. The van der Waals surface area contributed by atoms with E-state index in [1.807, 2.05) is 0 Å². The topological polar surface area (TPSA) is 0 Å². The summed E-state index contributed by atoms with van der Waals surface area (Å²) < 4.78 is 37.5. The average Bonchev–Trinajstić information content (AvgIpc) is 2.14. The Balaban J connectivity index is 3.17. The molecular formula is C11H10ClF3. The smallest absolute Gasteiger partial charge is 0.166 e. The van der Waals surface area contributed by atoms with Crippen LogP contribution >= 0.6 is 11.6 Å². The van der Waals surface area contributed by atoms with E-state index in [1.54, 1.807) is 18.2 Å². The fourth-order valence-corrected chi connectivity index (χ4v) is 1.40. The van der Waals surface area contributed by atoms with Crippen molar-refractivity contribution in [2.24, 2.45) is 0 Å². The molecule has 0 saturated carbocycles.